The van der Waals surface area contributed by atoms with Crippen LogP contribution in [0.4, 0.5) is 0 Å². The number of hydrogen-bond acceptors (Lipinski definition) is 9. The number of aromatic hydroxyl groups is 1. The number of rotatable bonds is 8. The number of carbonyl (C=O) groups excluding carboxylic acids is 7. The lowest BCUT2D eigenvalue weighted by atomic mass is 9.96. The molecule has 3 saturated heterocycles. The van der Waals surface area contributed by atoms with E-state index in [1.54, 1.807) is 19.1 Å². The van der Waals surface area contributed by atoms with Gasteiger partial charge in [0.25, 0.3) is 0 Å². The maximum atomic E-state index is 14.2. The molecule has 1 aromatic carbocycles. The Balaban J connectivity index is 1.77. The lowest BCUT2D eigenvalue weighted by Crippen LogP contribution is -2.60. The van der Waals surface area contributed by atoms with Crippen molar-refractivity contribution in [2.45, 2.75) is 128 Å². The number of nitrogens with one attached hydrogen (secondary N) is 5. The number of fused-ring (bicyclic) bond motifs is 2. The minimum atomic E-state index is -1.62. The Morgan fingerprint density at radius 1 is 0.727 bits per heavy atom. The highest BCUT2D eigenvalue weighted by Gasteiger charge is 2.43. The molecule has 7 N–H and O–H groups in total. The molecule has 0 aliphatic carbocycles. The molecule has 0 saturated carbocycles. The third-order valence-corrected chi connectivity index (χ3v) is 10.5. The fourth-order valence-electron chi connectivity index (χ4n) is 7.29. The van der Waals surface area contributed by atoms with Crippen molar-refractivity contribution in [2.75, 3.05) is 13.1 Å². The van der Waals surface area contributed by atoms with Crippen molar-refractivity contribution in [3.05, 3.63) is 29.8 Å². The second-order valence-electron chi connectivity index (χ2n) is 15.3. The summed E-state index contributed by atoms with van der Waals surface area (Å²) in [6.07, 6.45) is 1.06. The third-order valence-electron chi connectivity index (χ3n) is 10.5. The fraction of sp³-hybridized carbons (Fsp3) is 0.632. The van der Waals surface area contributed by atoms with Crippen LogP contribution in [-0.2, 0) is 44.8 Å². The predicted molar refractivity (Wildman–Crippen MR) is 198 cm³/mol. The molecule has 0 bridgehead atoms. The fourth-order valence-corrected chi connectivity index (χ4v) is 7.29. The average Bonchev–Trinajstić information content (AvgIpc) is 3.83. The summed E-state index contributed by atoms with van der Waals surface area (Å²) in [6, 6.07) is -2.48. The number of aliphatic carboxylic acids is 1. The first-order valence-corrected chi connectivity index (χ1v) is 19.1. The van der Waals surface area contributed by atoms with E-state index in [4.69, 9.17) is 0 Å². The molecule has 1 aromatic rings. The molecule has 17 nitrogen and oxygen atoms in total. The van der Waals surface area contributed by atoms with Gasteiger partial charge in [-0.15, -0.1) is 0 Å². The highest BCUT2D eigenvalue weighted by atomic mass is 16.4. The zero-order valence-corrected chi connectivity index (χ0v) is 32.1. The number of benzene rings is 1. The van der Waals surface area contributed by atoms with Gasteiger partial charge in [-0.1, -0.05) is 46.2 Å². The summed E-state index contributed by atoms with van der Waals surface area (Å²) in [5.41, 5.74) is 0.522. The van der Waals surface area contributed by atoms with Crippen LogP contribution < -0.4 is 26.6 Å². The van der Waals surface area contributed by atoms with E-state index in [9.17, 15) is 48.6 Å². The van der Waals surface area contributed by atoms with Gasteiger partial charge in [0.05, 0.1) is 6.42 Å². The Labute approximate surface area is 320 Å². The highest BCUT2D eigenvalue weighted by Crippen LogP contribution is 2.24. The van der Waals surface area contributed by atoms with Gasteiger partial charge in [-0.25, -0.2) is 0 Å². The van der Waals surface area contributed by atoms with Crippen LogP contribution >= 0.6 is 0 Å². The Hall–Kier alpha value is -5.22. The quantitative estimate of drug-likeness (QED) is 0.186. The lowest BCUT2D eigenvalue weighted by molar-refractivity contribution is -0.146. The van der Waals surface area contributed by atoms with Gasteiger partial charge < -0.3 is 46.6 Å². The summed E-state index contributed by atoms with van der Waals surface area (Å²) in [7, 11) is 0. The van der Waals surface area contributed by atoms with Gasteiger partial charge in [0, 0.05) is 19.5 Å². The summed E-state index contributed by atoms with van der Waals surface area (Å²) in [4.78, 5) is 112. The number of nitrogens with zero attached hydrogens (tertiary/aromatic N) is 2. The van der Waals surface area contributed by atoms with Crippen molar-refractivity contribution in [2.24, 2.45) is 11.8 Å². The zero-order valence-electron chi connectivity index (χ0n) is 32.1. The smallest absolute Gasteiger partial charge is 0.305 e. The van der Waals surface area contributed by atoms with Crippen LogP contribution in [0.15, 0.2) is 24.3 Å². The van der Waals surface area contributed by atoms with Gasteiger partial charge in [0.2, 0.25) is 41.4 Å². The number of amides is 7. The SMILES string of the molecule is CCC(C)[C@@H]1NC(=O)[C@H](C)NC(=O)[C@H](CC(C)C)NC(=O)[C@@H]2CCCN2C(=O)[C@H](CC(=O)O)NC(=O)[C@H](Cc2ccc(O)cc2)NC(=O)[C@@H]2CCCN2C1=O. The highest BCUT2D eigenvalue weighted by molar-refractivity contribution is 5.99. The summed E-state index contributed by atoms with van der Waals surface area (Å²) < 4.78 is 0. The van der Waals surface area contributed by atoms with E-state index in [0.717, 1.165) is 0 Å². The molecule has 3 aliphatic heterocycles. The zero-order chi connectivity index (χ0) is 40.6. The Kier molecular flexibility index (Phi) is 14.6. The maximum absolute atomic E-state index is 14.2. The molecular formula is C38H55N7O10. The van der Waals surface area contributed by atoms with Gasteiger partial charge in [-0.3, -0.25) is 38.4 Å². The largest absolute Gasteiger partial charge is 0.508 e. The second-order valence-corrected chi connectivity index (χ2v) is 15.3. The van der Waals surface area contributed by atoms with E-state index >= 15 is 0 Å². The Bertz CT molecular complexity index is 1620. The molecular weight excluding hydrogens is 714 g/mol. The molecule has 17 heteroatoms. The molecule has 0 spiro atoms. The molecule has 7 amide bonds. The molecule has 55 heavy (non-hydrogen) atoms. The van der Waals surface area contributed by atoms with E-state index < -0.39 is 96.0 Å². The average molecular weight is 770 g/mol. The minimum Gasteiger partial charge on any atom is -0.508 e. The first-order valence-electron chi connectivity index (χ1n) is 19.1. The van der Waals surface area contributed by atoms with Crippen molar-refractivity contribution in [3.63, 3.8) is 0 Å². The van der Waals surface area contributed by atoms with Crippen molar-refractivity contribution < 1.29 is 48.6 Å². The number of carbonyl (C=O) groups is 8. The summed E-state index contributed by atoms with van der Waals surface area (Å²) in [6.45, 7) is 9.07. The van der Waals surface area contributed by atoms with Gasteiger partial charge in [-0.05, 0) is 68.6 Å². The molecule has 0 aromatic heterocycles. The van der Waals surface area contributed by atoms with Crippen LogP contribution in [0.25, 0.3) is 0 Å². The van der Waals surface area contributed by atoms with E-state index in [2.05, 4.69) is 26.6 Å². The van der Waals surface area contributed by atoms with Crippen LogP contribution in [0.1, 0.15) is 85.1 Å². The monoisotopic (exact) mass is 769 g/mol. The van der Waals surface area contributed by atoms with Gasteiger partial charge in [-0.2, -0.15) is 0 Å². The molecule has 3 aliphatic rings. The topological polar surface area (TPSA) is 244 Å². The van der Waals surface area contributed by atoms with Crippen LogP contribution in [0.3, 0.4) is 0 Å². The van der Waals surface area contributed by atoms with Gasteiger partial charge in [0.1, 0.15) is 48.0 Å². The number of carboxylic acids is 1. The van der Waals surface area contributed by atoms with E-state index in [1.165, 1.54) is 28.9 Å². The second kappa shape index (κ2) is 18.9. The molecule has 302 valence electrons. The van der Waals surface area contributed by atoms with Crippen LogP contribution in [0, 0.1) is 11.8 Å². The van der Waals surface area contributed by atoms with Gasteiger partial charge >= 0.3 is 5.97 Å². The standard InChI is InChI=1S/C38H55N7O10/c1-6-21(4)31-38(55)45-16-8-10-29(45)36(53)41-26(18-23-11-13-24(46)14-12-23)34(51)42-27(19-30(47)48)37(54)44-15-7-9-28(44)35(52)40-25(17-20(2)3)33(50)39-22(5)32(49)43-31/h11-14,20-22,25-29,31,46H,6-10,15-19H2,1-5H3,(H,39,50)(H,40,52)(H,41,53)(H,42,51)(H,43,49)(H,47,48)/t21?,22-,25-,26-,27-,28-,29-,31-/m0/s1. The predicted octanol–water partition coefficient (Wildman–Crippen LogP) is -0.0589. The van der Waals surface area contributed by atoms with Crippen LogP contribution in [0.5, 0.6) is 5.75 Å². The molecule has 3 fully saturated rings. The molecule has 1 unspecified atom stereocenters. The van der Waals surface area contributed by atoms with E-state index in [0.29, 0.717) is 24.8 Å². The number of phenols is 1. The first-order chi connectivity index (χ1) is 26.0. The number of phenolic OH excluding ortho intramolecular Hbond substituents is 1. The van der Waals surface area contributed by atoms with Crippen LogP contribution in [-0.4, -0.2) is 123 Å². The molecule has 8 atom stereocenters. The first kappa shape index (κ1) is 42.5. The molecule has 4 rings (SSSR count). The van der Waals surface area contributed by atoms with Gasteiger partial charge in [0.15, 0.2) is 0 Å². The summed E-state index contributed by atoms with van der Waals surface area (Å²) in [5.74, 6) is -6.71. The van der Waals surface area contributed by atoms with Crippen molar-refractivity contribution in [3.8, 4) is 5.75 Å². The Morgan fingerprint density at radius 3 is 1.80 bits per heavy atom. The maximum Gasteiger partial charge on any atom is 0.305 e. The van der Waals surface area contributed by atoms with Crippen molar-refractivity contribution in [1.82, 2.24) is 36.4 Å². The Morgan fingerprint density at radius 2 is 1.25 bits per heavy atom. The van der Waals surface area contributed by atoms with Crippen molar-refractivity contribution in [1.29, 1.82) is 0 Å². The minimum absolute atomic E-state index is 0.0337. The number of hydrogen-bond donors (Lipinski definition) is 7. The van der Waals surface area contributed by atoms with Crippen LogP contribution in [0.2, 0.25) is 0 Å². The lowest BCUT2D eigenvalue weighted by Gasteiger charge is -2.33. The molecule has 0 radical (unpaired) electrons. The molecule has 3 heterocycles. The summed E-state index contributed by atoms with van der Waals surface area (Å²) in [5, 5.41) is 33.0. The summed E-state index contributed by atoms with van der Waals surface area (Å²) >= 11 is 0. The number of carboxylic acid groups (broad SMARTS) is 1. The van der Waals surface area contributed by atoms with Crippen molar-refractivity contribution >= 4 is 47.3 Å². The third kappa shape index (κ3) is 10.9. The van der Waals surface area contributed by atoms with E-state index in [-0.39, 0.29) is 56.4 Å². The normalized spacial score (nSPS) is 28.3. The van der Waals surface area contributed by atoms with E-state index in [1.807, 2.05) is 20.8 Å².